The summed E-state index contributed by atoms with van der Waals surface area (Å²) in [5.41, 5.74) is 12.7. The van der Waals surface area contributed by atoms with E-state index in [9.17, 15) is 4.79 Å². The van der Waals surface area contributed by atoms with Gasteiger partial charge in [-0.25, -0.2) is 4.98 Å². The third-order valence-corrected chi connectivity index (χ3v) is 5.54. The Kier molecular flexibility index (Phi) is 8.03. The zero-order chi connectivity index (χ0) is 21.7. The van der Waals surface area contributed by atoms with Gasteiger partial charge in [-0.05, 0) is 46.6 Å². The third-order valence-electron chi connectivity index (χ3n) is 4.70. The molecule has 1 amide bonds. The quantitative estimate of drug-likeness (QED) is 0.457. The van der Waals surface area contributed by atoms with E-state index in [1.54, 1.807) is 7.11 Å². The fourth-order valence-electron chi connectivity index (χ4n) is 2.63. The molecule has 1 heterocycles. The minimum atomic E-state index is -0.669. The molecule has 0 fully saturated rings. The van der Waals surface area contributed by atoms with Gasteiger partial charge in [0.2, 0.25) is 11.9 Å². The summed E-state index contributed by atoms with van der Waals surface area (Å²) in [6.07, 6.45) is 2.22. The Morgan fingerprint density at radius 1 is 1.24 bits per heavy atom. The Bertz CT molecular complexity index is 875. The van der Waals surface area contributed by atoms with Gasteiger partial charge < -0.3 is 26.3 Å². The van der Waals surface area contributed by atoms with Crippen LogP contribution in [0.15, 0.2) is 18.3 Å². The summed E-state index contributed by atoms with van der Waals surface area (Å²) in [4.78, 5) is 20.7. The van der Waals surface area contributed by atoms with Gasteiger partial charge in [0, 0.05) is 5.56 Å². The van der Waals surface area contributed by atoms with E-state index < -0.39 is 6.04 Å². The third kappa shape index (κ3) is 5.69. The largest absolute Gasteiger partial charge is 0.496 e. The lowest BCUT2D eigenvalue weighted by molar-refractivity contribution is -0.118. The molecule has 1 aromatic carbocycles. The van der Waals surface area contributed by atoms with Crippen LogP contribution in [0.3, 0.4) is 0 Å². The molecular weight excluding hydrogens is 485 g/mol. The predicted octanol–water partition coefficient (Wildman–Crippen LogP) is 3.90. The van der Waals surface area contributed by atoms with Crippen LogP contribution in [0.5, 0.6) is 17.2 Å². The van der Waals surface area contributed by atoms with E-state index in [4.69, 9.17) is 20.9 Å². The lowest BCUT2D eigenvalue weighted by atomic mass is 9.99. The highest BCUT2D eigenvalue weighted by Crippen LogP contribution is 2.38. The summed E-state index contributed by atoms with van der Waals surface area (Å²) >= 11 is 2.18. The first-order chi connectivity index (χ1) is 13.7. The van der Waals surface area contributed by atoms with E-state index in [-0.39, 0.29) is 35.3 Å². The zero-order valence-corrected chi connectivity index (χ0v) is 19.5. The predicted molar refractivity (Wildman–Crippen MR) is 122 cm³/mol. The normalized spacial score (nSPS) is 13.1. The van der Waals surface area contributed by atoms with Crippen molar-refractivity contribution in [2.24, 2.45) is 11.7 Å². The number of carbonyl (C=O) groups is 1. The topological polar surface area (TPSA) is 125 Å². The molecule has 0 radical (unpaired) electrons. The molecule has 0 aliphatic carbocycles. The average Bonchev–Trinajstić information content (AvgIpc) is 2.68. The molecule has 0 saturated carbocycles. The van der Waals surface area contributed by atoms with Crippen molar-refractivity contribution in [2.45, 2.75) is 46.1 Å². The summed E-state index contributed by atoms with van der Waals surface area (Å²) in [5.74, 6) is 1.74. The number of aromatic nitrogens is 2. The molecule has 2 rings (SSSR count). The van der Waals surface area contributed by atoms with E-state index in [1.165, 1.54) is 6.20 Å². The van der Waals surface area contributed by atoms with Crippen LogP contribution in [-0.4, -0.2) is 29.0 Å². The van der Waals surface area contributed by atoms with Gasteiger partial charge in [0.15, 0.2) is 11.6 Å². The van der Waals surface area contributed by atoms with Gasteiger partial charge in [-0.15, -0.1) is 0 Å². The second-order valence-electron chi connectivity index (χ2n) is 7.12. The van der Waals surface area contributed by atoms with E-state index in [2.05, 4.69) is 51.7 Å². The molecule has 9 heteroatoms. The first-order valence-electron chi connectivity index (χ1n) is 9.42. The van der Waals surface area contributed by atoms with Crippen molar-refractivity contribution in [3.8, 4) is 17.2 Å². The van der Waals surface area contributed by atoms with Crippen LogP contribution < -0.4 is 26.3 Å². The van der Waals surface area contributed by atoms with E-state index >= 15 is 0 Å². The Hall–Kier alpha value is -2.14. The number of methoxy groups -OCH3 is 1. The Labute approximate surface area is 184 Å². The minimum Gasteiger partial charge on any atom is -0.496 e. The molecular formula is C20H28IN5O3. The smallest absolute Gasteiger partial charge is 0.242 e. The average molecular weight is 513 g/mol. The number of nitrogens with two attached hydrogens (primary N) is 2. The molecule has 0 spiro atoms. The van der Waals surface area contributed by atoms with Gasteiger partial charge in [-0.3, -0.25) is 4.79 Å². The number of rotatable bonds is 8. The number of benzene rings is 1. The second-order valence-corrected chi connectivity index (χ2v) is 8.29. The summed E-state index contributed by atoms with van der Waals surface area (Å²) in [7, 11) is 1.63. The maximum absolute atomic E-state index is 12.5. The standard InChI is InChI=1S/C20H28IN5O3/c1-6-11(4)17(22)19(27)25-18-16(9-24-20(23)26-18)29-14-8-13(21)15(28-5)7-12(14)10(2)3/h7-11,17H,6,22H2,1-5H3,(H3,23,24,25,26,27)/t11-,17-/m1/s1. The van der Waals surface area contributed by atoms with Crippen molar-refractivity contribution in [3.05, 3.63) is 27.5 Å². The van der Waals surface area contributed by atoms with Crippen LogP contribution in [-0.2, 0) is 4.79 Å². The zero-order valence-electron chi connectivity index (χ0n) is 17.3. The monoisotopic (exact) mass is 513 g/mol. The van der Waals surface area contributed by atoms with Crippen LogP contribution in [0.25, 0.3) is 0 Å². The number of halogens is 1. The molecule has 5 N–H and O–H groups in total. The molecule has 0 aliphatic heterocycles. The summed E-state index contributed by atoms with van der Waals surface area (Å²) < 4.78 is 12.4. The van der Waals surface area contributed by atoms with Crippen molar-refractivity contribution < 1.29 is 14.3 Å². The summed E-state index contributed by atoms with van der Waals surface area (Å²) in [6, 6.07) is 3.15. The number of nitrogens with zero attached hydrogens (tertiary/aromatic N) is 2. The summed E-state index contributed by atoms with van der Waals surface area (Å²) in [6.45, 7) is 8.02. The summed E-state index contributed by atoms with van der Waals surface area (Å²) in [5, 5.41) is 2.73. The molecule has 0 saturated heterocycles. The fraction of sp³-hybridized carbons (Fsp3) is 0.450. The number of hydrogen-bond donors (Lipinski definition) is 3. The molecule has 8 nitrogen and oxygen atoms in total. The second kappa shape index (κ2) is 10.1. The van der Waals surface area contributed by atoms with Gasteiger partial charge in [0.05, 0.1) is 22.9 Å². The minimum absolute atomic E-state index is 0.0225. The number of anilines is 2. The van der Waals surface area contributed by atoms with Gasteiger partial charge in [0.25, 0.3) is 0 Å². The van der Waals surface area contributed by atoms with Crippen molar-refractivity contribution in [1.82, 2.24) is 9.97 Å². The van der Waals surface area contributed by atoms with E-state index in [1.807, 2.05) is 26.0 Å². The highest BCUT2D eigenvalue weighted by Gasteiger charge is 2.22. The Morgan fingerprint density at radius 3 is 2.52 bits per heavy atom. The molecule has 2 atom stereocenters. The van der Waals surface area contributed by atoms with Crippen molar-refractivity contribution in [1.29, 1.82) is 0 Å². The van der Waals surface area contributed by atoms with Gasteiger partial charge in [0.1, 0.15) is 11.5 Å². The van der Waals surface area contributed by atoms with Crippen LogP contribution in [0.4, 0.5) is 11.8 Å². The number of nitrogen functional groups attached to an aromatic ring is 1. The first kappa shape index (κ1) is 23.1. The molecule has 2 aromatic rings. The SMILES string of the molecule is CC[C@@H](C)[C@@H](N)C(=O)Nc1nc(N)ncc1Oc1cc(I)c(OC)cc1C(C)C. The first-order valence-corrected chi connectivity index (χ1v) is 10.5. The van der Waals surface area contributed by atoms with Crippen LogP contribution in [0, 0.1) is 9.49 Å². The molecule has 29 heavy (non-hydrogen) atoms. The molecule has 158 valence electrons. The highest BCUT2D eigenvalue weighted by atomic mass is 127. The van der Waals surface area contributed by atoms with Crippen LogP contribution in [0.2, 0.25) is 0 Å². The maximum Gasteiger partial charge on any atom is 0.242 e. The maximum atomic E-state index is 12.5. The highest BCUT2D eigenvalue weighted by molar-refractivity contribution is 14.1. The number of hydrogen-bond acceptors (Lipinski definition) is 7. The van der Waals surface area contributed by atoms with Crippen molar-refractivity contribution >= 4 is 40.3 Å². The number of amides is 1. The van der Waals surface area contributed by atoms with Crippen LogP contribution >= 0.6 is 22.6 Å². The van der Waals surface area contributed by atoms with Crippen LogP contribution in [0.1, 0.15) is 45.6 Å². The molecule has 1 aromatic heterocycles. The van der Waals surface area contributed by atoms with Crippen molar-refractivity contribution in [2.75, 3.05) is 18.2 Å². The fourth-order valence-corrected chi connectivity index (χ4v) is 3.29. The number of carbonyl (C=O) groups excluding carboxylic acids is 1. The van der Waals surface area contributed by atoms with Gasteiger partial charge in [-0.2, -0.15) is 4.98 Å². The molecule has 0 bridgehead atoms. The Morgan fingerprint density at radius 2 is 1.93 bits per heavy atom. The van der Waals surface area contributed by atoms with Gasteiger partial charge in [-0.1, -0.05) is 34.1 Å². The van der Waals surface area contributed by atoms with E-state index in [0.29, 0.717) is 5.75 Å². The number of nitrogens with one attached hydrogen (secondary N) is 1. The Balaban J connectivity index is 2.40. The van der Waals surface area contributed by atoms with Gasteiger partial charge >= 0.3 is 0 Å². The lowest BCUT2D eigenvalue weighted by Gasteiger charge is -2.20. The number of ether oxygens (including phenoxy) is 2. The van der Waals surface area contributed by atoms with E-state index in [0.717, 1.165) is 21.3 Å². The molecule has 0 unspecified atom stereocenters. The van der Waals surface area contributed by atoms with Crippen molar-refractivity contribution in [3.63, 3.8) is 0 Å². The lowest BCUT2D eigenvalue weighted by Crippen LogP contribution is -2.40. The molecule has 0 aliphatic rings.